The first-order valence-corrected chi connectivity index (χ1v) is 5.95. The molecule has 5 nitrogen and oxygen atoms in total. The van der Waals surface area contributed by atoms with Crippen molar-refractivity contribution in [2.75, 3.05) is 11.9 Å². The molecule has 1 aliphatic rings. The van der Waals surface area contributed by atoms with Crippen molar-refractivity contribution < 1.29 is 14.7 Å². The molecule has 1 saturated heterocycles. The van der Waals surface area contributed by atoms with Crippen LogP contribution in [-0.4, -0.2) is 34.6 Å². The van der Waals surface area contributed by atoms with Gasteiger partial charge in [0, 0.05) is 12.2 Å². The van der Waals surface area contributed by atoms with Crippen LogP contribution in [0.4, 0.5) is 10.5 Å². The second kappa shape index (κ2) is 5.08. The Morgan fingerprint density at radius 2 is 2.00 bits per heavy atom. The predicted molar refractivity (Wildman–Crippen MR) is 67.6 cm³/mol. The van der Waals surface area contributed by atoms with E-state index >= 15 is 0 Å². The molecule has 0 unspecified atom stereocenters. The highest BCUT2D eigenvalue weighted by Gasteiger charge is 2.33. The van der Waals surface area contributed by atoms with Gasteiger partial charge in [0.2, 0.25) is 5.91 Å². The highest BCUT2D eigenvalue weighted by Crippen LogP contribution is 2.19. The molecular weight excluding hydrogens is 232 g/mol. The number of carbonyl (C=O) groups is 2. The summed E-state index contributed by atoms with van der Waals surface area (Å²) < 4.78 is 0. The third-order valence-corrected chi connectivity index (χ3v) is 3.12. The Labute approximate surface area is 105 Å². The maximum absolute atomic E-state index is 12.0. The number of benzene rings is 1. The molecule has 1 aliphatic heterocycles. The lowest BCUT2D eigenvalue weighted by molar-refractivity contribution is -0.119. The van der Waals surface area contributed by atoms with Crippen LogP contribution in [-0.2, 0) is 4.79 Å². The average molecular weight is 248 g/mol. The number of anilines is 1. The van der Waals surface area contributed by atoms with Crippen LogP contribution in [0.5, 0.6) is 0 Å². The lowest BCUT2D eigenvalue weighted by Crippen LogP contribution is -2.42. The molecule has 0 aliphatic carbocycles. The van der Waals surface area contributed by atoms with Gasteiger partial charge in [-0.25, -0.2) is 4.79 Å². The molecule has 0 aromatic heterocycles. The molecule has 1 aromatic rings. The fourth-order valence-corrected chi connectivity index (χ4v) is 2.13. The summed E-state index contributed by atoms with van der Waals surface area (Å²) in [6.45, 7) is 2.40. The van der Waals surface area contributed by atoms with Gasteiger partial charge in [0.05, 0.1) is 0 Å². The Hall–Kier alpha value is -2.04. The van der Waals surface area contributed by atoms with E-state index in [1.807, 2.05) is 31.2 Å². The van der Waals surface area contributed by atoms with E-state index in [9.17, 15) is 9.59 Å². The maximum atomic E-state index is 12.0. The number of hydrogen-bond donors (Lipinski definition) is 2. The van der Waals surface area contributed by atoms with E-state index in [2.05, 4.69) is 5.32 Å². The molecule has 2 rings (SSSR count). The van der Waals surface area contributed by atoms with Crippen LogP contribution >= 0.6 is 0 Å². The molecule has 1 fully saturated rings. The number of carbonyl (C=O) groups excluding carboxylic acids is 1. The zero-order valence-electron chi connectivity index (χ0n) is 10.2. The maximum Gasteiger partial charge on any atom is 0.407 e. The molecular formula is C13H16N2O3. The number of nitrogens with one attached hydrogen (secondary N) is 1. The Kier molecular flexibility index (Phi) is 3.50. The average Bonchev–Trinajstić information content (AvgIpc) is 2.81. The fourth-order valence-electron chi connectivity index (χ4n) is 2.13. The van der Waals surface area contributed by atoms with E-state index in [4.69, 9.17) is 5.11 Å². The van der Waals surface area contributed by atoms with Crippen LogP contribution in [0, 0.1) is 6.92 Å². The van der Waals surface area contributed by atoms with Crippen LogP contribution < -0.4 is 5.32 Å². The number of hydrogen-bond acceptors (Lipinski definition) is 2. The highest BCUT2D eigenvalue weighted by molar-refractivity contribution is 5.96. The normalized spacial score (nSPS) is 18.7. The smallest absolute Gasteiger partial charge is 0.407 e. The zero-order valence-corrected chi connectivity index (χ0v) is 10.2. The van der Waals surface area contributed by atoms with Crippen molar-refractivity contribution in [2.45, 2.75) is 25.8 Å². The van der Waals surface area contributed by atoms with Crippen molar-refractivity contribution in [1.82, 2.24) is 4.90 Å². The summed E-state index contributed by atoms with van der Waals surface area (Å²) in [7, 11) is 0. The summed E-state index contributed by atoms with van der Waals surface area (Å²) in [5.41, 5.74) is 1.81. The first kappa shape index (κ1) is 12.4. The monoisotopic (exact) mass is 248 g/mol. The summed E-state index contributed by atoms with van der Waals surface area (Å²) in [4.78, 5) is 24.2. The van der Waals surface area contributed by atoms with E-state index in [0.29, 0.717) is 18.7 Å². The third kappa shape index (κ3) is 2.61. The van der Waals surface area contributed by atoms with Crippen molar-refractivity contribution in [1.29, 1.82) is 0 Å². The third-order valence-electron chi connectivity index (χ3n) is 3.12. The first-order chi connectivity index (χ1) is 8.58. The lowest BCUT2D eigenvalue weighted by atomic mass is 10.2. The van der Waals surface area contributed by atoms with Gasteiger partial charge in [0.25, 0.3) is 0 Å². The van der Waals surface area contributed by atoms with E-state index in [-0.39, 0.29) is 5.91 Å². The van der Waals surface area contributed by atoms with Crippen molar-refractivity contribution in [3.8, 4) is 0 Å². The van der Waals surface area contributed by atoms with Gasteiger partial charge in [0.1, 0.15) is 6.04 Å². The molecule has 18 heavy (non-hydrogen) atoms. The van der Waals surface area contributed by atoms with Gasteiger partial charge in [0.15, 0.2) is 0 Å². The molecule has 5 heteroatoms. The van der Waals surface area contributed by atoms with Gasteiger partial charge in [-0.05, 0) is 31.9 Å². The van der Waals surface area contributed by atoms with Gasteiger partial charge >= 0.3 is 6.09 Å². The molecule has 1 heterocycles. The van der Waals surface area contributed by atoms with Gasteiger partial charge in [-0.1, -0.05) is 17.7 Å². The van der Waals surface area contributed by atoms with E-state index in [1.165, 1.54) is 4.90 Å². The standard InChI is InChI=1S/C13H16N2O3/c1-9-4-6-10(7-5-9)14-12(16)11-3-2-8-15(11)13(17)18/h4-7,11H,2-3,8H2,1H3,(H,14,16)(H,17,18)/t11-/m0/s1. The Morgan fingerprint density at radius 1 is 1.33 bits per heavy atom. The minimum absolute atomic E-state index is 0.251. The van der Waals surface area contributed by atoms with Gasteiger partial charge in [-0.15, -0.1) is 0 Å². The molecule has 1 atom stereocenters. The first-order valence-electron chi connectivity index (χ1n) is 5.95. The molecule has 0 bridgehead atoms. The fraction of sp³-hybridized carbons (Fsp3) is 0.385. The van der Waals surface area contributed by atoms with Crippen molar-refractivity contribution in [3.63, 3.8) is 0 Å². The number of amides is 2. The summed E-state index contributed by atoms with van der Waals surface area (Å²) >= 11 is 0. The van der Waals surface area contributed by atoms with Crippen LogP contribution in [0.2, 0.25) is 0 Å². The Bertz CT molecular complexity index is 456. The molecule has 0 spiro atoms. The largest absolute Gasteiger partial charge is 0.465 e. The molecule has 1 aromatic carbocycles. The van der Waals surface area contributed by atoms with Crippen molar-refractivity contribution in [3.05, 3.63) is 29.8 Å². The van der Waals surface area contributed by atoms with E-state index < -0.39 is 12.1 Å². The Morgan fingerprint density at radius 3 is 2.61 bits per heavy atom. The van der Waals surface area contributed by atoms with Crippen LogP contribution in [0.1, 0.15) is 18.4 Å². The van der Waals surface area contributed by atoms with Crippen LogP contribution in [0.25, 0.3) is 0 Å². The van der Waals surface area contributed by atoms with E-state index in [0.717, 1.165) is 12.0 Å². The molecule has 96 valence electrons. The number of likely N-dealkylation sites (tertiary alicyclic amines) is 1. The van der Waals surface area contributed by atoms with Gasteiger partial charge < -0.3 is 10.4 Å². The second-order valence-corrected chi connectivity index (χ2v) is 4.49. The summed E-state index contributed by atoms with van der Waals surface area (Å²) in [6, 6.07) is 6.86. The SMILES string of the molecule is Cc1ccc(NC(=O)[C@@H]2CCCN2C(=O)O)cc1. The predicted octanol–water partition coefficient (Wildman–Crippen LogP) is 2.08. The molecule has 2 amide bonds. The number of aryl methyl sites for hydroxylation is 1. The number of nitrogens with zero attached hydrogens (tertiary/aromatic N) is 1. The zero-order chi connectivity index (χ0) is 13.1. The molecule has 0 saturated carbocycles. The van der Waals surface area contributed by atoms with Crippen LogP contribution in [0.15, 0.2) is 24.3 Å². The second-order valence-electron chi connectivity index (χ2n) is 4.49. The lowest BCUT2D eigenvalue weighted by Gasteiger charge is -2.20. The highest BCUT2D eigenvalue weighted by atomic mass is 16.4. The number of rotatable bonds is 2. The summed E-state index contributed by atoms with van der Waals surface area (Å²) in [5.74, 6) is -0.251. The van der Waals surface area contributed by atoms with Crippen molar-refractivity contribution >= 4 is 17.7 Å². The molecule has 2 N–H and O–H groups in total. The Balaban J connectivity index is 2.03. The van der Waals surface area contributed by atoms with Crippen LogP contribution in [0.3, 0.4) is 0 Å². The number of carboxylic acid groups (broad SMARTS) is 1. The van der Waals surface area contributed by atoms with Crippen molar-refractivity contribution in [2.24, 2.45) is 0 Å². The van der Waals surface area contributed by atoms with Gasteiger partial charge in [-0.2, -0.15) is 0 Å². The molecule has 0 radical (unpaired) electrons. The minimum Gasteiger partial charge on any atom is -0.465 e. The minimum atomic E-state index is -1.03. The quantitative estimate of drug-likeness (QED) is 0.841. The van der Waals surface area contributed by atoms with Gasteiger partial charge in [-0.3, -0.25) is 9.69 Å². The summed E-state index contributed by atoms with van der Waals surface area (Å²) in [5, 5.41) is 11.7. The summed E-state index contributed by atoms with van der Waals surface area (Å²) in [6.07, 6.45) is 0.291. The van der Waals surface area contributed by atoms with E-state index in [1.54, 1.807) is 0 Å². The topological polar surface area (TPSA) is 69.6 Å².